The van der Waals surface area contributed by atoms with Crippen molar-refractivity contribution < 1.29 is 19.4 Å². The lowest BCUT2D eigenvalue weighted by Crippen LogP contribution is -2.04. The van der Waals surface area contributed by atoms with Crippen molar-refractivity contribution in [3.05, 3.63) is 17.7 Å². The zero-order chi connectivity index (χ0) is 11.4. The Kier molecular flexibility index (Phi) is 3.80. The highest BCUT2D eigenvalue weighted by molar-refractivity contribution is 6.30. The standard InChI is InChI=1S/C10H11ClO4/c1-14-9-4-7(12)10(15-2)3-6(9)8(13)5-11/h3-4,12H,5H2,1-2H3. The molecule has 0 aromatic heterocycles. The molecule has 0 aliphatic heterocycles. The number of ketones is 1. The predicted octanol–water partition coefficient (Wildman–Crippen LogP) is 1.83. The second-order valence-corrected chi connectivity index (χ2v) is 3.05. The van der Waals surface area contributed by atoms with E-state index in [1.54, 1.807) is 0 Å². The lowest BCUT2D eigenvalue weighted by atomic mass is 10.1. The molecule has 0 unspecified atom stereocenters. The van der Waals surface area contributed by atoms with Crippen LogP contribution in [0.15, 0.2) is 12.1 Å². The smallest absolute Gasteiger partial charge is 0.181 e. The lowest BCUT2D eigenvalue weighted by Gasteiger charge is -2.10. The lowest BCUT2D eigenvalue weighted by molar-refractivity contribution is 0.101. The Morgan fingerprint density at radius 3 is 2.40 bits per heavy atom. The van der Waals surface area contributed by atoms with Crippen molar-refractivity contribution in [3.8, 4) is 17.2 Å². The van der Waals surface area contributed by atoms with Gasteiger partial charge in [0, 0.05) is 6.07 Å². The van der Waals surface area contributed by atoms with Gasteiger partial charge in [-0.3, -0.25) is 4.79 Å². The van der Waals surface area contributed by atoms with E-state index >= 15 is 0 Å². The van der Waals surface area contributed by atoms with Crippen LogP contribution in [0.4, 0.5) is 0 Å². The third kappa shape index (κ3) is 2.33. The van der Waals surface area contributed by atoms with Crippen molar-refractivity contribution in [2.75, 3.05) is 20.1 Å². The molecular formula is C10H11ClO4. The Labute approximate surface area is 92.4 Å². The first-order valence-corrected chi connectivity index (χ1v) is 4.71. The van der Waals surface area contributed by atoms with E-state index in [0.717, 1.165) is 0 Å². The fourth-order valence-corrected chi connectivity index (χ4v) is 1.32. The Morgan fingerprint density at radius 1 is 1.33 bits per heavy atom. The summed E-state index contributed by atoms with van der Waals surface area (Å²) < 4.78 is 9.83. The number of aromatic hydroxyl groups is 1. The number of Topliss-reactive ketones (excluding diaryl/α,β-unsaturated/α-hetero) is 1. The van der Waals surface area contributed by atoms with E-state index in [2.05, 4.69) is 0 Å². The number of phenols is 1. The summed E-state index contributed by atoms with van der Waals surface area (Å²) in [5.41, 5.74) is 0.294. The SMILES string of the molecule is COc1cc(C(=O)CCl)c(OC)cc1O. The van der Waals surface area contributed by atoms with Crippen LogP contribution in [0, 0.1) is 0 Å². The molecule has 1 aromatic carbocycles. The maximum absolute atomic E-state index is 11.4. The first-order chi connectivity index (χ1) is 7.13. The third-order valence-electron chi connectivity index (χ3n) is 1.92. The Morgan fingerprint density at radius 2 is 1.93 bits per heavy atom. The Bertz CT molecular complexity index is 376. The van der Waals surface area contributed by atoms with Crippen molar-refractivity contribution in [2.24, 2.45) is 0 Å². The number of methoxy groups -OCH3 is 2. The van der Waals surface area contributed by atoms with Gasteiger partial charge >= 0.3 is 0 Å². The maximum atomic E-state index is 11.4. The van der Waals surface area contributed by atoms with E-state index in [4.69, 9.17) is 21.1 Å². The molecular weight excluding hydrogens is 220 g/mol. The number of rotatable bonds is 4. The zero-order valence-electron chi connectivity index (χ0n) is 8.41. The average molecular weight is 231 g/mol. The van der Waals surface area contributed by atoms with Crippen LogP contribution in [0.1, 0.15) is 10.4 Å². The molecule has 0 aliphatic carbocycles. The number of halogens is 1. The molecule has 1 N–H and O–H groups in total. The van der Waals surface area contributed by atoms with Crippen LogP contribution in [0.5, 0.6) is 17.2 Å². The van der Waals surface area contributed by atoms with Gasteiger partial charge in [0.25, 0.3) is 0 Å². The van der Waals surface area contributed by atoms with Crippen LogP contribution in [-0.2, 0) is 0 Å². The fourth-order valence-electron chi connectivity index (χ4n) is 1.17. The van der Waals surface area contributed by atoms with Crippen LogP contribution >= 0.6 is 11.6 Å². The highest BCUT2D eigenvalue weighted by atomic mass is 35.5. The average Bonchev–Trinajstić information content (AvgIpc) is 2.27. The number of carbonyl (C=O) groups excluding carboxylic acids is 1. The van der Waals surface area contributed by atoms with Crippen LogP contribution in [-0.4, -0.2) is 31.0 Å². The zero-order valence-corrected chi connectivity index (χ0v) is 9.17. The van der Waals surface area contributed by atoms with Crippen molar-refractivity contribution in [2.45, 2.75) is 0 Å². The molecule has 0 radical (unpaired) electrons. The molecule has 82 valence electrons. The highest BCUT2D eigenvalue weighted by Gasteiger charge is 2.15. The molecule has 0 atom stereocenters. The molecule has 15 heavy (non-hydrogen) atoms. The van der Waals surface area contributed by atoms with E-state index < -0.39 is 0 Å². The molecule has 0 heterocycles. The number of ether oxygens (including phenoxy) is 2. The summed E-state index contributed by atoms with van der Waals surface area (Å²) in [4.78, 5) is 11.4. The predicted molar refractivity (Wildman–Crippen MR) is 56.3 cm³/mol. The summed E-state index contributed by atoms with van der Waals surface area (Å²) in [5.74, 6) is -0.0277. The number of phenolic OH excluding ortho intramolecular Hbond substituents is 1. The Hall–Kier alpha value is -1.42. The van der Waals surface area contributed by atoms with Gasteiger partial charge in [-0.05, 0) is 6.07 Å². The van der Waals surface area contributed by atoms with Crippen molar-refractivity contribution >= 4 is 17.4 Å². The molecule has 1 rings (SSSR count). The van der Waals surface area contributed by atoms with E-state index in [1.807, 2.05) is 0 Å². The minimum Gasteiger partial charge on any atom is -0.504 e. The highest BCUT2D eigenvalue weighted by Crippen LogP contribution is 2.33. The maximum Gasteiger partial charge on any atom is 0.181 e. The molecule has 0 aliphatic rings. The van der Waals surface area contributed by atoms with Gasteiger partial charge in [0.05, 0.1) is 25.7 Å². The minimum atomic E-state index is -0.285. The first kappa shape index (κ1) is 11.7. The van der Waals surface area contributed by atoms with E-state index in [9.17, 15) is 9.90 Å². The summed E-state index contributed by atoms with van der Waals surface area (Å²) in [6.07, 6.45) is 0. The number of hydrogen-bond donors (Lipinski definition) is 1. The van der Waals surface area contributed by atoms with Gasteiger partial charge in [-0.1, -0.05) is 0 Å². The monoisotopic (exact) mass is 230 g/mol. The molecule has 0 amide bonds. The van der Waals surface area contributed by atoms with Gasteiger partial charge in [0.2, 0.25) is 0 Å². The number of benzene rings is 1. The van der Waals surface area contributed by atoms with Crippen molar-refractivity contribution in [1.29, 1.82) is 0 Å². The van der Waals surface area contributed by atoms with E-state index in [1.165, 1.54) is 26.4 Å². The van der Waals surface area contributed by atoms with Gasteiger partial charge in [-0.25, -0.2) is 0 Å². The largest absolute Gasteiger partial charge is 0.504 e. The topological polar surface area (TPSA) is 55.8 Å². The van der Waals surface area contributed by atoms with Crippen LogP contribution < -0.4 is 9.47 Å². The normalized spacial score (nSPS) is 9.80. The molecule has 0 fully saturated rings. The van der Waals surface area contributed by atoms with Crippen LogP contribution in [0.2, 0.25) is 0 Å². The molecule has 0 saturated carbocycles. The molecule has 5 heteroatoms. The minimum absolute atomic E-state index is 0.0829. The van der Waals surface area contributed by atoms with Crippen LogP contribution in [0.25, 0.3) is 0 Å². The summed E-state index contributed by atoms with van der Waals surface area (Å²) in [7, 11) is 2.81. The third-order valence-corrected chi connectivity index (χ3v) is 2.17. The molecule has 0 bridgehead atoms. The fraction of sp³-hybridized carbons (Fsp3) is 0.300. The van der Waals surface area contributed by atoms with Gasteiger partial charge in [-0.15, -0.1) is 11.6 Å². The number of hydrogen-bond acceptors (Lipinski definition) is 4. The summed E-state index contributed by atoms with van der Waals surface area (Å²) in [6.45, 7) is 0. The molecule has 0 spiro atoms. The van der Waals surface area contributed by atoms with Crippen LogP contribution in [0.3, 0.4) is 0 Å². The second kappa shape index (κ2) is 4.89. The number of alkyl halides is 1. The quantitative estimate of drug-likeness (QED) is 0.633. The number of carbonyl (C=O) groups is 1. The van der Waals surface area contributed by atoms with Gasteiger partial charge in [0.1, 0.15) is 5.75 Å². The summed E-state index contributed by atoms with van der Waals surface area (Å²) in [6, 6.07) is 2.72. The van der Waals surface area contributed by atoms with E-state index in [0.29, 0.717) is 5.56 Å². The van der Waals surface area contributed by atoms with E-state index in [-0.39, 0.29) is 28.9 Å². The van der Waals surface area contributed by atoms with Gasteiger partial charge in [0.15, 0.2) is 17.3 Å². The van der Waals surface area contributed by atoms with Crippen molar-refractivity contribution in [3.63, 3.8) is 0 Å². The van der Waals surface area contributed by atoms with Gasteiger partial charge in [-0.2, -0.15) is 0 Å². The Balaban J connectivity index is 3.28. The first-order valence-electron chi connectivity index (χ1n) is 4.18. The van der Waals surface area contributed by atoms with Gasteiger partial charge < -0.3 is 14.6 Å². The molecule has 1 aromatic rings. The second-order valence-electron chi connectivity index (χ2n) is 2.78. The van der Waals surface area contributed by atoms with Crippen molar-refractivity contribution in [1.82, 2.24) is 0 Å². The summed E-state index contributed by atoms with van der Waals surface area (Å²) >= 11 is 5.44. The molecule has 0 saturated heterocycles. The molecule has 4 nitrogen and oxygen atoms in total. The summed E-state index contributed by atoms with van der Waals surface area (Å²) in [5, 5.41) is 9.45.